The number of aliphatic hydroxyl groups is 1. The fraction of sp³-hybridized carbons (Fsp3) is 0.923. The van der Waals surface area contributed by atoms with E-state index in [1.165, 1.54) is 0 Å². The summed E-state index contributed by atoms with van der Waals surface area (Å²) in [6.45, 7) is 7.74. The summed E-state index contributed by atoms with van der Waals surface area (Å²) in [6.07, 6.45) is 1.08. The number of rotatable bonds is 2. The van der Waals surface area contributed by atoms with E-state index in [2.05, 4.69) is 10.6 Å². The molecule has 18 heavy (non-hydrogen) atoms. The average molecular weight is 256 g/mol. The summed E-state index contributed by atoms with van der Waals surface area (Å²) in [7, 11) is 0. The van der Waals surface area contributed by atoms with Gasteiger partial charge in [-0.2, -0.15) is 0 Å². The highest BCUT2D eigenvalue weighted by atomic mass is 16.6. The van der Waals surface area contributed by atoms with Gasteiger partial charge in [0.1, 0.15) is 5.60 Å². The maximum absolute atomic E-state index is 11.5. The SMILES string of the molecule is CC(C)(C)OC(=O)NC[C@]1(O)C[C@H]2CNC[C@H]2C1. The van der Waals surface area contributed by atoms with Crippen LogP contribution in [0.1, 0.15) is 33.6 Å². The van der Waals surface area contributed by atoms with Crippen LogP contribution in [0, 0.1) is 11.8 Å². The Morgan fingerprint density at radius 1 is 1.39 bits per heavy atom. The van der Waals surface area contributed by atoms with Gasteiger partial charge in [0.2, 0.25) is 0 Å². The Balaban J connectivity index is 1.78. The highest BCUT2D eigenvalue weighted by molar-refractivity contribution is 5.67. The van der Waals surface area contributed by atoms with Crippen molar-refractivity contribution >= 4 is 6.09 Å². The number of carbonyl (C=O) groups excluding carboxylic acids is 1. The number of ether oxygens (including phenoxy) is 1. The van der Waals surface area contributed by atoms with Crippen molar-refractivity contribution in [3.63, 3.8) is 0 Å². The summed E-state index contributed by atoms with van der Waals surface area (Å²) in [5.74, 6) is 1.10. The smallest absolute Gasteiger partial charge is 0.407 e. The van der Waals surface area contributed by atoms with E-state index >= 15 is 0 Å². The molecule has 104 valence electrons. The van der Waals surface area contributed by atoms with Crippen LogP contribution in [0.3, 0.4) is 0 Å². The Morgan fingerprint density at radius 3 is 2.44 bits per heavy atom. The van der Waals surface area contributed by atoms with Gasteiger partial charge < -0.3 is 20.5 Å². The molecule has 1 heterocycles. The van der Waals surface area contributed by atoms with E-state index in [1.807, 2.05) is 20.8 Å². The number of alkyl carbamates (subject to hydrolysis) is 1. The van der Waals surface area contributed by atoms with E-state index in [4.69, 9.17) is 4.74 Å². The van der Waals surface area contributed by atoms with Crippen molar-refractivity contribution in [3.8, 4) is 0 Å². The Kier molecular flexibility index (Phi) is 3.56. The van der Waals surface area contributed by atoms with Gasteiger partial charge in [0.15, 0.2) is 0 Å². The monoisotopic (exact) mass is 256 g/mol. The lowest BCUT2D eigenvalue weighted by Crippen LogP contribution is -2.43. The molecule has 1 amide bonds. The molecule has 0 bridgehead atoms. The van der Waals surface area contributed by atoms with Crippen molar-refractivity contribution in [1.82, 2.24) is 10.6 Å². The van der Waals surface area contributed by atoms with Crippen molar-refractivity contribution in [2.75, 3.05) is 19.6 Å². The zero-order valence-electron chi connectivity index (χ0n) is 11.5. The van der Waals surface area contributed by atoms with Crippen molar-refractivity contribution in [1.29, 1.82) is 0 Å². The molecule has 0 radical (unpaired) electrons. The molecule has 0 spiro atoms. The molecule has 5 nitrogen and oxygen atoms in total. The van der Waals surface area contributed by atoms with E-state index in [0.717, 1.165) is 25.9 Å². The van der Waals surface area contributed by atoms with Gasteiger partial charge in [0.25, 0.3) is 0 Å². The van der Waals surface area contributed by atoms with Gasteiger partial charge in [-0.25, -0.2) is 4.79 Å². The lowest BCUT2D eigenvalue weighted by Gasteiger charge is -2.26. The lowest BCUT2D eigenvalue weighted by atomic mass is 10.0. The van der Waals surface area contributed by atoms with Crippen LogP contribution < -0.4 is 10.6 Å². The zero-order valence-corrected chi connectivity index (χ0v) is 11.5. The van der Waals surface area contributed by atoms with E-state index in [0.29, 0.717) is 11.8 Å². The fourth-order valence-corrected chi connectivity index (χ4v) is 3.02. The molecular weight excluding hydrogens is 232 g/mol. The number of amides is 1. The summed E-state index contributed by atoms with van der Waals surface area (Å²) < 4.78 is 5.16. The average Bonchev–Trinajstić information content (AvgIpc) is 2.70. The van der Waals surface area contributed by atoms with Gasteiger partial charge >= 0.3 is 6.09 Å². The number of carbonyl (C=O) groups is 1. The number of hydrogen-bond donors (Lipinski definition) is 3. The summed E-state index contributed by atoms with van der Waals surface area (Å²) in [5.41, 5.74) is -1.25. The Hall–Kier alpha value is -0.810. The molecule has 0 unspecified atom stereocenters. The third-order valence-electron chi connectivity index (χ3n) is 3.72. The van der Waals surface area contributed by atoms with Crippen LogP contribution >= 0.6 is 0 Å². The molecule has 2 fully saturated rings. The molecule has 0 aromatic heterocycles. The predicted molar refractivity (Wildman–Crippen MR) is 68.3 cm³/mol. The van der Waals surface area contributed by atoms with E-state index in [-0.39, 0.29) is 6.54 Å². The Labute approximate surface area is 108 Å². The topological polar surface area (TPSA) is 70.6 Å². The van der Waals surface area contributed by atoms with Gasteiger partial charge in [-0.1, -0.05) is 0 Å². The summed E-state index contributed by atoms with van der Waals surface area (Å²) >= 11 is 0. The highest BCUT2D eigenvalue weighted by Crippen LogP contribution is 2.40. The van der Waals surface area contributed by atoms with E-state index in [9.17, 15) is 9.90 Å². The molecule has 2 aliphatic rings. The summed E-state index contributed by atoms with van der Waals surface area (Å²) in [6, 6.07) is 0. The van der Waals surface area contributed by atoms with Crippen LogP contribution in [0.15, 0.2) is 0 Å². The maximum Gasteiger partial charge on any atom is 0.407 e. The van der Waals surface area contributed by atoms with Gasteiger partial charge in [-0.3, -0.25) is 0 Å². The molecule has 1 saturated carbocycles. The van der Waals surface area contributed by atoms with Crippen molar-refractivity contribution in [2.24, 2.45) is 11.8 Å². The number of nitrogens with one attached hydrogen (secondary N) is 2. The van der Waals surface area contributed by atoms with Crippen molar-refractivity contribution < 1.29 is 14.6 Å². The van der Waals surface area contributed by atoms with E-state index in [1.54, 1.807) is 0 Å². The molecule has 1 saturated heterocycles. The molecule has 0 aromatic carbocycles. The predicted octanol–water partition coefficient (Wildman–Crippen LogP) is 0.872. The third kappa shape index (κ3) is 3.36. The molecule has 5 heteroatoms. The summed E-state index contributed by atoms with van der Waals surface area (Å²) in [5, 5.41) is 16.5. The first-order chi connectivity index (χ1) is 8.27. The molecular formula is C13H24N2O3. The normalized spacial score (nSPS) is 35.3. The second-order valence-electron chi connectivity index (χ2n) is 6.67. The molecule has 3 atom stereocenters. The summed E-state index contributed by atoms with van der Waals surface area (Å²) in [4.78, 5) is 11.5. The minimum atomic E-state index is -0.756. The minimum absolute atomic E-state index is 0.287. The number of hydrogen-bond acceptors (Lipinski definition) is 4. The minimum Gasteiger partial charge on any atom is -0.444 e. The lowest BCUT2D eigenvalue weighted by molar-refractivity contribution is 0.0234. The Bertz CT molecular complexity index is 313. The Morgan fingerprint density at radius 2 is 1.94 bits per heavy atom. The fourth-order valence-electron chi connectivity index (χ4n) is 3.02. The molecule has 1 aliphatic carbocycles. The van der Waals surface area contributed by atoms with Crippen LogP contribution in [0.5, 0.6) is 0 Å². The van der Waals surface area contributed by atoms with Crippen LogP contribution in [0.25, 0.3) is 0 Å². The molecule has 2 rings (SSSR count). The second kappa shape index (κ2) is 4.70. The van der Waals surface area contributed by atoms with Gasteiger partial charge in [0.05, 0.1) is 5.60 Å². The largest absolute Gasteiger partial charge is 0.444 e. The van der Waals surface area contributed by atoms with E-state index < -0.39 is 17.3 Å². The second-order valence-corrected chi connectivity index (χ2v) is 6.67. The van der Waals surface area contributed by atoms with Crippen LogP contribution in [-0.2, 0) is 4.74 Å². The van der Waals surface area contributed by atoms with Gasteiger partial charge in [0, 0.05) is 6.54 Å². The number of fused-ring (bicyclic) bond motifs is 1. The van der Waals surface area contributed by atoms with Gasteiger partial charge in [-0.05, 0) is 58.5 Å². The maximum atomic E-state index is 11.5. The molecule has 1 aliphatic heterocycles. The molecule has 0 aromatic rings. The highest BCUT2D eigenvalue weighted by Gasteiger charge is 2.46. The van der Waals surface area contributed by atoms with Gasteiger partial charge in [-0.15, -0.1) is 0 Å². The van der Waals surface area contributed by atoms with Crippen molar-refractivity contribution in [3.05, 3.63) is 0 Å². The first-order valence-electron chi connectivity index (χ1n) is 6.67. The molecule has 3 N–H and O–H groups in total. The van der Waals surface area contributed by atoms with Crippen LogP contribution in [0.2, 0.25) is 0 Å². The third-order valence-corrected chi connectivity index (χ3v) is 3.72. The standard InChI is InChI=1S/C13H24N2O3/c1-12(2,3)18-11(16)15-8-13(17)4-9-6-14-7-10(9)5-13/h9-10,14,17H,4-8H2,1-3H3,(H,15,16)/t9-,10+,13-. The van der Waals surface area contributed by atoms with Crippen LogP contribution in [-0.4, -0.2) is 42.0 Å². The van der Waals surface area contributed by atoms with Crippen molar-refractivity contribution in [2.45, 2.75) is 44.8 Å². The zero-order chi connectivity index (χ0) is 13.4. The first kappa shape index (κ1) is 13.6. The first-order valence-corrected chi connectivity index (χ1v) is 6.67. The quantitative estimate of drug-likeness (QED) is 0.685. The van der Waals surface area contributed by atoms with Crippen LogP contribution in [0.4, 0.5) is 4.79 Å².